The van der Waals surface area contributed by atoms with Crippen LogP contribution >= 0.6 is 0 Å². The standard InChI is InChI=1S/C8H14N2O/c9-7(11)3-6-8(10)4-1-2-5-8/h3,6H,1-2,4-5,10H2,(H2,9,11)/b6-3+. The van der Waals surface area contributed by atoms with E-state index in [4.69, 9.17) is 11.5 Å². The van der Waals surface area contributed by atoms with Crippen molar-refractivity contribution in [3.63, 3.8) is 0 Å². The molecule has 0 heterocycles. The van der Waals surface area contributed by atoms with Gasteiger partial charge in [0.1, 0.15) is 0 Å². The van der Waals surface area contributed by atoms with Gasteiger partial charge in [-0.05, 0) is 12.8 Å². The molecule has 0 aromatic carbocycles. The minimum atomic E-state index is -0.415. The lowest BCUT2D eigenvalue weighted by atomic mass is 9.99. The van der Waals surface area contributed by atoms with E-state index in [0.717, 1.165) is 25.7 Å². The topological polar surface area (TPSA) is 69.1 Å². The third-order valence-corrected chi connectivity index (χ3v) is 2.11. The van der Waals surface area contributed by atoms with E-state index in [-0.39, 0.29) is 5.54 Å². The molecule has 1 aliphatic rings. The molecular formula is C8H14N2O. The number of rotatable bonds is 2. The summed E-state index contributed by atoms with van der Waals surface area (Å²) in [5.41, 5.74) is 10.6. The maximum absolute atomic E-state index is 10.4. The highest BCUT2D eigenvalue weighted by Gasteiger charge is 2.25. The molecule has 4 N–H and O–H groups in total. The van der Waals surface area contributed by atoms with E-state index in [1.54, 1.807) is 6.08 Å². The van der Waals surface area contributed by atoms with Crippen molar-refractivity contribution in [3.8, 4) is 0 Å². The van der Waals surface area contributed by atoms with Crippen LogP contribution in [0.3, 0.4) is 0 Å². The van der Waals surface area contributed by atoms with Crippen LogP contribution in [0.25, 0.3) is 0 Å². The van der Waals surface area contributed by atoms with Gasteiger partial charge in [0.15, 0.2) is 0 Å². The molecule has 0 aromatic heterocycles. The molecule has 0 saturated heterocycles. The van der Waals surface area contributed by atoms with Crippen LogP contribution in [0.15, 0.2) is 12.2 Å². The van der Waals surface area contributed by atoms with Gasteiger partial charge in [-0.15, -0.1) is 0 Å². The minimum absolute atomic E-state index is 0.255. The van der Waals surface area contributed by atoms with Crippen molar-refractivity contribution in [1.82, 2.24) is 0 Å². The van der Waals surface area contributed by atoms with Gasteiger partial charge < -0.3 is 11.5 Å². The molecule has 1 saturated carbocycles. The molecule has 11 heavy (non-hydrogen) atoms. The normalized spacial score (nSPS) is 22.6. The van der Waals surface area contributed by atoms with E-state index in [1.165, 1.54) is 6.08 Å². The molecule has 1 rings (SSSR count). The molecule has 62 valence electrons. The quantitative estimate of drug-likeness (QED) is 0.561. The average molecular weight is 154 g/mol. The maximum Gasteiger partial charge on any atom is 0.241 e. The Morgan fingerprint density at radius 3 is 2.36 bits per heavy atom. The molecule has 1 amide bonds. The lowest BCUT2D eigenvalue weighted by Gasteiger charge is -2.17. The Bertz CT molecular complexity index is 181. The fraction of sp³-hybridized carbons (Fsp3) is 0.625. The molecule has 0 aliphatic heterocycles. The van der Waals surface area contributed by atoms with Crippen molar-refractivity contribution in [2.75, 3.05) is 0 Å². The molecule has 1 fully saturated rings. The first-order chi connectivity index (χ1) is 5.12. The predicted molar refractivity (Wildman–Crippen MR) is 43.7 cm³/mol. The van der Waals surface area contributed by atoms with Gasteiger partial charge in [-0.2, -0.15) is 0 Å². The summed E-state index contributed by atoms with van der Waals surface area (Å²) in [5, 5.41) is 0. The number of amides is 1. The predicted octanol–water partition coefficient (Wildman–Crippen LogP) is 0.299. The molecule has 3 heteroatoms. The monoisotopic (exact) mass is 154 g/mol. The molecule has 0 spiro atoms. The van der Waals surface area contributed by atoms with Crippen LogP contribution in [-0.4, -0.2) is 11.4 Å². The number of carbonyl (C=O) groups is 1. The Kier molecular flexibility index (Phi) is 2.29. The summed E-state index contributed by atoms with van der Waals surface area (Å²) in [7, 11) is 0. The van der Waals surface area contributed by atoms with E-state index >= 15 is 0 Å². The number of nitrogens with two attached hydrogens (primary N) is 2. The van der Waals surface area contributed by atoms with Crippen LogP contribution in [0.5, 0.6) is 0 Å². The zero-order valence-corrected chi connectivity index (χ0v) is 6.55. The molecular weight excluding hydrogens is 140 g/mol. The third-order valence-electron chi connectivity index (χ3n) is 2.11. The average Bonchev–Trinajstić information content (AvgIpc) is 2.33. The Hall–Kier alpha value is -0.830. The molecule has 0 aromatic rings. The first-order valence-corrected chi connectivity index (χ1v) is 3.90. The van der Waals surface area contributed by atoms with E-state index in [0.29, 0.717) is 0 Å². The second-order valence-electron chi connectivity index (χ2n) is 3.18. The largest absolute Gasteiger partial charge is 0.366 e. The van der Waals surface area contributed by atoms with Crippen molar-refractivity contribution in [1.29, 1.82) is 0 Å². The highest BCUT2D eigenvalue weighted by Crippen LogP contribution is 2.27. The SMILES string of the molecule is NC(=O)/C=C/C1(N)CCCC1. The van der Waals surface area contributed by atoms with Crippen LogP contribution < -0.4 is 11.5 Å². The van der Waals surface area contributed by atoms with Gasteiger partial charge in [0.2, 0.25) is 5.91 Å². The van der Waals surface area contributed by atoms with Gasteiger partial charge >= 0.3 is 0 Å². The van der Waals surface area contributed by atoms with E-state index < -0.39 is 5.91 Å². The zero-order chi connectivity index (χ0) is 8.32. The Morgan fingerprint density at radius 2 is 1.91 bits per heavy atom. The van der Waals surface area contributed by atoms with Crippen molar-refractivity contribution < 1.29 is 4.79 Å². The summed E-state index contributed by atoms with van der Waals surface area (Å²) in [4.78, 5) is 10.4. The smallest absolute Gasteiger partial charge is 0.241 e. The molecule has 0 bridgehead atoms. The summed E-state index contributed by atoms with van der Waals surface area (Å²) in [5.74, 6) is -0.415. The highest BCUT2D eigenvalue weighted by atomic mass is 16.1. The molecule has 0 atom stereocenters. The van der Waals surface area contributed by atoms with Gasteiger partial charge in [-0.25, -0.2) is 0 Å². The third kappa shape index (κ3) is 2.35. The summed E-state index contributed by atoms with van der Waals surface area (Å²) >= 11 is 0. The number of hydrogen-bond acceptors (Lipinski definition) is 2. The van der Waals surface area contributed by atoms with Crippen molar-refractivity contribution in [2.24, 2.45) is 11.5 Å². The molecule has 0 radical (unpaired) electrons. The van der Waals surface area contributed by atoms with E-state index in [1.807, 2.05) is 0 Å². The summed E-state index contributed by atoms with van der Waals surface area (Å²) in [6.45, 7) is 0. The molecule has 1 aliphatic carbocycles. The number of carbonyl (C=O) groups excluding carboxylic acids is 1. The van der Waals surface area contributed by atoms with Crippen LogP contribution in [-0.2, 0) is 4.79 Å². The van der Waals surface area contributed by atoms with Crippen LogP contribution in [0.1, 0.15) is 25.7 Å². The van der Waals surface area contributed by atoms with Gasteiger partial charge in [0.25, 0.3) is 0 Å². The number of primary amides is 1. The van der Waals surface area contributed by atoms with Crippen LogP contribution in [0.4, 0.5) is 0 Å². The Morgan fingerprint density at radius 1 is 1.36 bits per heavy atom. The number of hydrogen-bond donors (Lipinski definition) is 2. The van der Waals surface area contributed by atoms with Crippen LogP contribution in [0.2, 0.25) is 0 Å². The summed E-state index contributed by atoms with van der Waals surface area (Å²) in [6.07, 6.45) is 7.35. The van der Waals surface area contributed by atoms with Crippen LogP contribution in [0, 0.1) is 0 Å². The first kappa shape index (κ1) is 8.27. The maximum atomic E-state index is 10.4. The Labute approximate surface area is 66.4 Å². The second kappa shape index (κ2) is 3.05. The van der Waals surface area contributed by atoms with Crippen molar-refractivity contribution in [2.45, 2.75) is 31.2 Å². The first-order valence-electron chi connectivity index (χ1n) is 3.90. The fourth-order valence-electron chi connectivity index (χ4n) is 1.45. The summed E-state index contributed by atoms with van der Waals surface area (Å²) < 4.78 is 0. The lowest BCUT2D eigenvalue weighted by Crippen LogP contribution is -2.34. The van der Waals surface area contributed by atoms with E-state index in [2.05, 4.69) is 0 Å². The summed E-state index contributed by atoms with van der Waals surface area (Å²) in [6, 6.07) is 0. The van der Waals surface area contributed by atoms with Crippen molar-refractivity contribution >= 4 is 5.91 Å². The van der Waals surface area contributed by atoms with Gasteiger partial charge in [0.05, 0.1) is 0 Å². The Balaban J connectivity index is 2.52. The second-order valence-corrected chi connectivity index (χ2v) is 3.18. The molecule has 0 unspecified atom stereocenters. The molecule has 3 nitrogen and oxygen atoms in total. The van der Waals surface area contributed by atoms with Gasteiger partial charge in [-0.1, -0.05) is 18.9 Å². The lowest BCUT2D eigenvalue weighted by molar-refractivity contribution is -0.113. The van der Waals surface area contributed by atoms with Gasteiger partial charge in [-0.3, -0.25) is 4.79 Å². The fourth-order valence-corrected chi connectivity index (χ4v) is 1.45. The van der Waals surface area contributed by atoms with E-state index in [9.17, 15) is 4.79 Å². The minimum Gasteiger partial charge on any atom is -0.366 e. The highest BCUT2D eigenvalue weighted by molar-refractivity contribution is 5.85. The van der Waals surface area contributed by atoms with Gasteiger partial charge in [0, 0.05) is 11.6 Å². The van der Waals surface area contributed by atoms with Crippen molar-refractivity contribution in [3.05, 3.63) is 12.2 Å². The zero-order valence-electron chi connectivity index (χ0n) is 6.55.